The van der Waals surface area contributed by atoms with Crippen LogP contribution in [-0.4, -0.2) is 39.9 Å². The molecule has 1 aliphatic rings. The summed E-state index contributed by atoms with van der Waals surface area (Å²) >= 11 is 0. The molecule has 7 heteroatoms. The van der Waals surface area contributed by atoms with Gasteiger partial charge in [0.1, 0.15) is 17.4 Å². The molecule has 4 rings (SSSR count). The summed E-state index contributed by atoms with van der Waals surface area (Å²) in [5.41, 5.74) is 1.12. The summed E-state index contributed by atoms with van der Waals surface area (Å²) in [5.74, 6) is 1.34. The quantitative estimate of drug-likeness (QED) is 0.737. The first kappa shape index (κ1) is 18.4. The molecule has 2 aromatic carbocycles. The number of hydrogen-bond acceptors (Lipinski definition) is 4. The lowest BCUT2D eigenvalue weighted by Crippen LogP contribution is -2.34. The lowest BCUT2D eigenvalue weighted by atomic mass is 9.97. The topological polar surface area (TPSA) is 63.1 Å². The smallest absolute Gasteiger partial charge is 0.348 e. The number of ether oxygens (including phenoxy) is 1. The van der Waals surface area contributed by atoms with Crippen molar-refractivity contribution in [2.24, 2.45) is 0 Å². The van der Waals surface area contributed by atoms with Gasteiger partial charge in [-0.25, -0.2) is 9.18 Å². The van der Waals surface area contributed by atoms with E-state index in [4.69, 9.17) is 4.74 Å². The van der Waals surface area contributed by atoms with Crippen LogP contribution >= 0.6 is 0 Å². The Labute approximate surface area is 162 Å². The van der Waals surface area contributed by atoms with Crippen LogP contribution in [0, 0.1) is 5.82 Å². The fourth-order valence-corrected chi connectivity index (χ4v) is 3.71. The molecule has 0 aliphatic carbocycles. The molecule has 146 valence electrons. The second-order valence-corrected chi connectivity index (χ2v) is 7.09. The van der Waals surface area contributed by atoms with E-state index in [2.05, 4.69) is 15.0 Å². The molecular formula is C21H23FN4O2. The summed E-state index contributed by atoms with van der Waals surface area (Å²) in [4.78, 5) is 17.5. The number of nitrogens with one attached hydrogen (secondary N) is 1. The molecule has 1 N–H and O–H groups in total. The molecule has 1 aromatic heterocycles. The summed E-state index contributed by atoms with van der Waals surface area (Å²) in [6.45, 7) is 2.21. The Kier molecular flexibility index (Phi) is 5.25. The minimum absolute atomic E-state index is 0.118. The first-order valence-corrected chi connectivity index (χ1v) is 9.43. The number of H-pyrrole nitrogens is 1. The van der Waals surface area contributed by atoms with Gasteiger partial charge in [0.25, 0.3) is 0 Å². The predicted octanol–water partition coefficient (Wildman–Crippen LogP) is 3.09. The van der Waals surface area contributed by atoms with Crippen molar-refractivity contribution >= 4 is 0 Å². The molecule has 0 spiro atoms. The van der Waals surface area contributed by atoms with Gasteiger partial charge in [0.15, 0.2) is 0 Å². The Hall–Kier alpha value is -2.93. The largest absolute Gasteiger partial charge is 0.497 e. The van der Waals surface area contributed by atoms with Crippen molar-refractivity contribution in [2.75, 3.05) is 20.2 Å². The summed E-state index contributed by atoms with van der Waals surface area (Å²) in [6.07, 6.45) is 1.93. The molecular weight excluding hydrogens is 359 g/mol. The Morgan fingerprint density at radius 2 is 2.00 bits per heavy atom. The number of rotatable bonds is 5. The molecule has 0 radical (unpaired) electrons. The highest BCUT2D eigenvalue weighted by Crippen LogP contribution is 2.26. The number of nitrogens with zero attached hydrogens (tertiary/aromatic N) is 3. The van der Waals surface area contributed by atoms with E-state index in [-0.39, 0.29) is 17.4 Å². The predicted molar refractivity (Wildman–Crippen MR) is 104 cm³/mol. The second kappa shape index (κ2) is 7.98. The van der Waals surface area contributed by atoms with Crippen LogP contribution in [0.5, 0.6) is 5.75 Å². The van der Waals surface area contributed by atoms with Crippen LogP contribution in [0.15, 0.2) is 53.3 Å². The van der Waals surface area contributed by atoms with Gasteiger partial charge < -0.3 is 4.74 Å². The minimum atomic E-state index is -0.258. The number of aromatic nitrogens is 3. The Bertz CT molecular complexity index is 996. The fourth-order valence-electron chi connectivity index (χ4n) is 3.71. The molecule has 28 heavy (non-hydrogen) atoms. The van der Waals surface area contributed by atoms with Gasteiger partial charge in [0.05, 0.1) is 12.8 Å². The van der Waals surface area contributed by atoms with Crippen molar-refractivity contribution in [3.05, 3.63) is 76.2 Å². The third kappa shape index (κ3) is 3.84. The normalized spacial score (nSPS) is 17.6. The second-order valence-electron chi connectivity index (χ2n) is 7.09. The van der Waals surface area contributed by atoms with Gasteiger partial charge in [-0.2, -0.15) is 4.68 Å². The van der Waals surface area contributed by atoms with Crippen LogP contribution in [0.3, 0.4) is 0 Å². The maximum absolute atomic E-state index is 14.0. The Balaban J connectivity index is 1.51. The first-order valence-electron chi connectivity index (χ1n) is 9.43. The van der Waals surface area contributed by atoms with Crippen molar-refractivity contribution in [2.45, 2.75) is 25.3 Å². The van der Waals surface area contributed by atoms with Crippen LogP contribution in [0.25, 0.3) is 5.69 Å². The first-order chi connectivity index (χ1) is 13.6. The molecule has 1 fully saturated rings. The molecule has 0 saturated carbocycles. The van der Waals surface area contributed by atoms with Crippen LogP contribution in [0.1, 0.15) is 30.1 Å². The highest BCUT2D eigenvalue weighted by atomic mass is 19.1. The van der Waals surface area contributed by atoms with E-state index in [1.807, 2.05) is 12.1 Å². The fraction of sp³-hybridized carbons (Fsp3) is 0.333. The number of likely N-dealkylation sites (tertiary alicyclic amines) is 1. The van der Waals surface area contributed by atoms with Crippen molar-refractivity contribution in [1.82, 2.24) is 19.7 Å². The van der Waals surface area contributed by atoms with Gasteiger partial charge in [-0.05, 0) is 49.7 Å². The zero-order chi connectivity index (χ0) is 19.5. The van der Waals surface area contributed by atoms with Crippen molar-refractivity contribution in [3.63, 3.8) is 0 Å². The SMILES string of the molecule is COc1ccc(-n2nc(C3CCCN(Cc4ccccc4F)C3)[nH]c2=O)cc1. The number of halogens is 1. The van der Waals surface area contributed by atoms with Crippen molar-refractivity contribution in [3.8, 4) is 11.4 Å². The number of piperidine rings is 1. The molecule has 1 aliphatic heterocycles. The van der Waals surface area contributed by atoms with Crippen LogP contribution in [-0.2, 0) is 6.54 Å². The summed E-state index contributed by atoms with van der Waals surface area (Å²) in [5, 5.41) is 4.53. The van der Waals surface area contributed by atoms with Crippen LogP contribution in [0.2, 0.25) is 0 Å². The number of hydrogen-bond donors (Lipinski definition) is 1. The highest BCUT2D eigenvalue weighted by Gasteiger charge is 2.25. The molecule has 3 aromatic rings. The lowest BCUT2D eigenvalue weighted by molar-refractivity contribution is 0.194. The molecule has 6 nitrogen and oxygen atoms in total. The van der Waals surface area contributed by atoms with Crippen molar-refractivity contribution in [1.29, 1.82) is 0 Å². The number of aromatic amines is 1. The average molecular weight is 382 g/mol. The highest BCUT2D eigenvalue weighted by molar-refractivity contribution is 5.36. The number of benzene rings is 2. The standard InChI is InChI=1S/C21H23FN4O2/c1-28-18-10-8-17(9-11-18)26-21(27)23-20(24-26)16-6-4-12-25(14-16)13-15-5-2-3-7-19(15)22/h2-3,5,7-11,16H,4,6,12-14H2,1H3,(H,23,24,27). The monoisotopic (exact) mass is 382 g/mol. The van der Waals surface area contributed by atoms with E-state index in [1.54, 1.807) is 37.4 Å². The Morgan fingerprint density at radius 1 is 1.21 bits per heavy atom. The van der Waals surface area contributed by atoms with Crippen LogP contribution < -0.4 is 10.4 Å². The summed E-state index contributed by atoms with van der Waals surface area (Å²) in [7, 11) is 1.60. The van der Waals surface area contributed by atoms with Gasteiger partial charge in [0, 0.05) is 24.6 Å². The molecule has 2 heterocycles. The van der Waals surface area contributed by atoms with E-state index in [0.29, 0.717) is 23.6 Å². The molecule has 1 atom stereocenters. The third-order valence-electron chi connectivity index (χ3n) is 5.20. The van der Waals surface area contributed by atoms with Gasteiger partial charge in [-0.15, -0.1) is 5.10 Å². The molecule has 1 unspecified atom stereocenters. The molecule has 1 saturated heterocycles. The van der Waals surface area contributed by atoms with Crippen LogP contribution in [0.4, 0.5) is 4.39 Å². The molecule has 0 amide bonds. The lowest BCUT2D eigenvalue weighted by Gasteiger charge is -2.31. The summed E-state index contributed by atoms with van der Waals surface area (Å²) in [6, 6.07) is 14.1. The van der Waals surface area contributed by atoms with E-state index in [9.17, 15) is 9.18 Å². The number of methoxy groups -OCH3 is 1. The van der Waals surface area contributed by atoms with Crippen molar-refractivity contribution < 1.29 is 9.13 Å². The zero-order valence-corrected chi connectivity index (χ0v) is 15.8. The minimum Gasteiger partial charge on any atom is -0.497 e. The average Bonchev–Trinajstić information content (AvgIpc) is 3.12. The van der Waals surface area contributed by atoms with Gasteiger partial charge in [-0.3, -0.25) is 9.88 Å². The van der Waals surface area contributed by atoms with Gasteiger partial charge in [-0.1, -0.05) is 18.2 Å². The molecule has 0 bridgehead atoms. The van der Waals surface area contributed by atoms with Gasteiger partial charge >= 0.3 is 5.69 Å². The van der Waals surface area contributed by atoms with E-state index in [1.165, 1.54) is 10.7 Å². The van der Waals surface area contributed by atoms with E-state index >= 15 is 0 Å². The maximum atomic E-state index is 14.0. The summed E-state index contributed by atoms with van der Waals surface area (Å²) < 4.78 is 20.5. The van der Waals surface area contributed by atoms with Gasteiger partial charge in [0.2, 0.25) is 0 Å². The van der Waals surface area contributed by atoms with E-state index in [0.717, 1.165) is 31.7 Å². The Morgan fingerprint density at radius 3 is 2.75 bits per heavy atom. The third-order valence-corrected chi connectivity index (χ3v) is 5.20. The zero-order valence-electron chi connectivity index (χ0n) is 15.8. The van der Waals surface area contributed by atoms with E-state index < -0.39 is 0 Å². The maximum Gasteiger partial charge on any atom is 0.348 e.